The molecule has 0 bridgehead atoms. The van der Waals surface area contributed by atoms with E-state index in [4.69, 9.17) is 4.74 Å². The topological polar surface area (TPSA) is 54.0 Å². The predicted molar refractivity (Wildman–Crippen MR) is 90.6 cm³/mol. The van der Waals surface area contributed by atoms with Gasteiger partial charge < -0.3 is 14.6 Å². The van der Waals surface area contributed by atoms with Gasteiger partial charge in [-0.15, -0.1) is 0 Å². The van der Waals surface area contributed by atoms with Crippen LogP contribution in [0.15, 0.2) is 42.9 Å². The lowest BCUT2D eigenvalue weighted by Gasteiger charge is -2.31. The van der Waals surface area contributed by atoms with Crippen molar-refractivity contribution in [3.05, 3.63) is 54.1 Å². The van der Waals surface area contributed by atoms with Gasteiger partial charge in [0.05, 0.1) is 12.6 Å². The summed E-state index contributed by atoms with van der Waals surface area (Å²) in [6, 6.07) is 10.7. The number of fused-ring (bicyclic) bond motifs is 1. The van der Waals surface area contributed by atoms with Crippen molar-refractivity contribution in [2.24, 2.45) is 0 Å². The molecule has 23 heavy (non-hydrogen) atoms. The second-order valence-electron chi connectivity index (χ2n) is 5.94. The Bertz CT molecular complexity index is 813. The van der Waals surface area contributed by atoms with Gasteiger partial charge in [0.25, 0.3) is 0 Å². The first-order valence-corrected chi connectivity index (χ1v) is 8.02. The molecule has 4 rings (SSSR count). The standard InChI is InChI=1S/C18H20N4O/c1-13-10-18(21-12-20-13)22-8-3-9-23-11-17(22)15-4-2-5-16-14(15)6-7-19-16/h2,4-7,10,12,17,19H,3,8-9,11H2,1H3/t17-/m0/s1. The van der Waals surface area contributed by atoms with E-state index in [0.29, 0.717) is 6.61 Å². The van der Waals surface area contributed by atoms with Crippen molar-refractivity contribution < 1.29 is 4.74 Å². The summed E-state index contributed by atoms with van der Waals surface area (Å²) in [6.07, 6.45) is 4.64. The lowest BCUT2D eigenvalue weighted by molar-refractivity contribution is 0.134. The SMILES string of the molecule is Cc1cc(N2CCCOC[C@H]2c2cccc3[nH]ccc23)ncn1. The number of ether oxygens (including phenoxy) is 1. The minimum Gasteiger partial charge on any atom is -0.379 e. The maximum atomic E-state index is 5.87. The summed E-state index contributed by atoms with van der Waals surface area (Å²) in [5, 5.41) is 1.25. The molecule has 118 valence electrons. The van der Waals surface area contributed by atoms with Crippen LogP contribution in [0.3, 0.4) is 0 Å². The highest BCUT2D eigenvalue weighted by Gasteiger charge is 2.26. The third kappa shape index (κ3) is 2.68. The van der Waals surface area contributed by atoms with E-state index in [2.05, 4.69) is 50.2 Å². The normalized spacial score (nSPS) is 19.0. The van der Waals surface area contributed by atoms with Crippen LogP contribution in [0.2, 0.25) is 0 Å². The van der Waals surface area contributed by atoms with Gasteiger partial charge in [-0.25, -0.2) is 9.97 Å². The number of aryl methyl sites for hydroxylation is 1. The predicted octanol–water partition coefficient (Wildman–Crippen LogP) is 3.23. The smallest absolute Gasteiger partial charge is 0.132 e. The zero-order valence-electron chi connectivity index (χ0n) is 13.2. The number of aromatic amines is 1. The minimum absolute atomic E-state index is 0.159. The van der Waals surface area contributed by atoms with Crippen molar-refractivity contribution in [3.63, 3.8) is 0 Å². The molecule has 2 aromatic heterocycles. The molecular weight excluding hydrogens is 288 g/mol. The van der Waals surface area contributed by atoms with Crippen LogP contribution in [0.1, 0.15) is 23.7 Å². The number of hydrogen-bond acceptors (Lipinski definition) is 4. The molecule has 1 fully saturated rings. The molecule has 0 amide bonds. The number of anilines is 1. The maximum Gasteiger partial charge on any atom is 0.132 e. The van der Waals surface area contributed by atoms with Gasteiger partial charge in [0.2, 0.25) is 0 Å². The Balaban J connectivity index is 1.81. The zero-order chi connectivity index (χ0) is 15.6. The molecule has 0 radical (unpaired) electrons. The largest absolute Gasteiger partial charge is 0.379 e. The Morgan fingerprint density at radius 3 is 3.13 bits per heavy atom. The molecule has 0 unspecified atom stereocenters. The van der Waals surface area contributed by atoms with Crippen LogP contribution < -0.4 is 4.90 Å². The third-order valence-corrected chi connectivity index (χ3v) is 4.41. The lowest BCUT2D eigenvalue weighted by atomic mass is 10.0. The Hall–Kier alpha value is -2.40. The monoisotopic (exact) mass is 308 g/mol. The molecule has 5 nitrogen and oxygen atoms in total. The van der Waals surface area contributed by atoms with Crippen LogP contribution in [0.4, 0.5) is 5.82 Å². The van der Waals surface area contributed by atoms with Crippen molar-refractivity contribution in [1.82, 2.24) is 15.0 Å². The number of benzene rings is 1. The van der Waals surface area contributed by atoms with Crippen LogP contribution in [-0.2, 0) is 4.74 Å². The summed E-state index contributed by atoms with van der Waals surface area (Å²) in [6.45, 7) is 4.40. The van der Waals surface area contributed by atoms with Crippen LogP contribution in [0.25, 0.3) is 10.9 Å². The fourth-order valence-electron chi connectivity index (χ4n) is 3.31. The molecule has 1 saturated heterocycles. The second-order valence-corrected chi connectivity index (χ2v) is 5.94. The van der Waals surface area contributed by atoms with Gasteiger partial charge in [0.1, 0.15) is 12.1 Å². The molecule has 0 aliphatic carbocycles. The van der Waals surface area contributed by atoms with Gasteiger partial charge in [-0.1, -0.05) is 12.1 Å². The second kappa shape index (κ2) is 6.01. The van der Waals surface area contributed by atoms with Crippen molar-refractivity contribution in [1.29, 1.82) is 0 Å². The van der Waals surface area contributed by atoms with Crippen LogP contribution in [-0.4, -0.2) is 34.7 Å². The molecule has 1 aliphatic heterocycles. The number of H-pyrrole nitrogens is 1. The van der Waals surface area contributed by atoms with E-state index in [9.17, 15) is 0 Å². The maximum absolute atomic E-state index is 5.87. The molecule has 1 N–H and O–H groups in total. The number of rotatable bonds is 2. The third-order valence-electron chi connectivity index (χ3n) is 4.41. The minimum atomic E-state index is 0.159. The summed E-state index contributed by atoms with van der Waals surface area (Å²) < 4.78 is 5.87. The molecule has 0 spiro atoms. The van der Waals surface area contributed by atoms with Crippen molar-refractivity contribution in [2.75, 3.05) is 24.7 Å². The Kier molecular flexibility index (Phi) is 3.71. The highest BCUT2D eigenvalue weighted by Crippen LogP contribution is 2.32. The fraction of sp³-hybridized carbons (Fsp3) is 0.333. The van der Waals surface area contributed by atoms with Crippen molar-refractivity contribution >= 4 is 16.7 Å². The van der Waals surface area contributed by atoms with Crippen molar-refractivity contribution in [3.8, 4) is 0 Å². The van der Waals surface area contributed by atoms with E-state index in [1.807, 2.05) is 13.1 Å². The molecule has 1 aliphatic rings. The highest BCUT2D eigenvalue weighted by atomic mass is 16.5. The zero-order valence-corrected chi connectivity index (χ0v) is 13.2. The summed E-state index contributed by atoms with van der Waals surface area (Å²) in [5.41, 5.74) is 3.42. The van der Waals surface area contributed by atoms with E-state index >= 15 is 0 Å². The number of aromatic nitrogens is 3. The highest BCUT2D eigenvalue weighted by molar-refractivity contribution is 5.83. The Morgan fingerprint density at radius 2 is 2.22 bits per heavy atom. The summed E-state index contributed by atoms with van der Waals surface area (Å²) in [4.78, 5) is 14.4. The first kappa shape index (κ1) is 14.2. The molecule has 0 saturated carbocycles. The summed E-state index contributed by atoms with van der Waals surface area (Å²) in [5.74, 6) is 0.973. The van der Waals surface area contributed by atoms with E-state index in [-0.39, 0.29) is 6.04 Å². The molecular formula is C18H20N4O. The first-order chi connectivity index (χ1) is 11.3. The van der Waals surface area contributed by atoms with E-state index < -0.39 is 0 Å². The molecule has 3 heterocycles. The molecule has 3 aromatic rings. The van der Waals surface area contributed by atoms with Gasteiger partial charge in [0.15, 0.2) is 0 Å². The van der Waals surface area contributed by atoms with Gasteiger partial charge in [-0.3, -0.25) is 0 Å². The average molecular weight is 308 g/mol. The first-order valence-electron chi connectivity index (χ1n) is 8.02. The molecule has 5 heteroatoms. The molecule has 1 atom stereocenters. The van der Waals surface area contributed by atoms with Gasteiger partial charge >= 0.3 is 0 Å². The number of nitrogens with one attached hydrogen (secondary N) is 1. The van der Waals surface area contributed by atoms with E-state index in [1.165, 1.54) is 10.9 Å². The van der Waals surface area contributed by atoms with Gasteiger partial charge in [-0.2, -0.15) is 0 Å². The van der Waals surface area contributed by atoms with Gasteiger partial charge in [-0.05, 0) is 31.0 Å². The van der Waals surface area contributed by atoms with Crippen molar-refractivity contribution in [2.45, 2.75) is 19.4 Å². The Labute approximate surface area is 135 Å². The molecule has 1 aromatic carbocycles. The quantitative estimate of drug-likeness (QED) is 0.789. The summed E-state index contributed by atoms with van der Waals surface area (Å²) in [7, 11) is 0. The fourth-order valence-corrected chi connectivity index (χ4v) is 3.31. The van der Waals surface area contributed by atoms with Gasteiger partial charge in [0, 0.05) is 42.0 Å². The lowest BCUT2D eigenvalue weighted by Crippen LogP contribution is -2.31. The summed E-state index contributed by atoms with van der Waals surface area (Å²) >= 11 is 0. The number of hydrogen-bond donors (Lipinski definition) is 1. The van der Waals surface area contributed by atoms with Crippen LogP contribution >= 0.6 is 0 Å². The average Bonchev–Trinajstić information content (AvgIpc) is 2.91. The van der Waals surface area contributed by atoms with Crippen LogP contribution in [0.5, 0.6) is 0 Å². The van der Waals surface area contributed by atoms with E-state index in [1.54, 1.807) is 6.33 Å². The number of nitrogens with zero attached hydrogens (tertiary/aromatic N) is 3. The van der Waals surface area contributed by atoms with Crippen LogP contribution in [0, 0.1) is 6.92 Å². The van der Waals surface area contributed by atoms with E-state index in [0.717, 1.165) is 36.6 Å². The Morgan fingerprint density at radius 1 is 1.26 bits per heavy atom.